The number of hydrogen-bond donors (Lipinski definition) is 2. The first kappa shape index (κ1) is 31.2. The highest BCUT2D eigenvalue weighted by atomic mass is 32.2. The molecule has 8 nitrogen and oxygen atoms in total. The van der Waals surface area contributed by atoms with E-state index in [0.717, 1.165) is 37.1 Å². The second-order valence-electron chi connectivity index (χ2n) is 11.9. The predicted octanol–water partition coefficient (Wildman–Crippen LogP) is 4.96. The van der Waals surface area contributed by atoms with E-state index in [0.29, 0.717) is 43.8 Å². The Kier molecular flexibility index (Phi) is 7.60. The molecule has 2 aromatic carbocycles. The Bertz CT molecular complexity index is 1790. The molecule has 2 fully saturated rings. The van der Waals surface area contributed by atoms with Gasteiger partial charge in [0.15, 0.2) is 5.69 Å². The molecule has 45 heavy (non-hydrogen) atoms. The highest BCUT2D eigenvalue weighted by Gasteiger charge is 2.73. The zero-order chi connectivity index (χ0) is 32.4. The second-order valence-corrected chi connectivity index (χ2v) is 13.9. The first-order chi connectivity index (χ1) is 21.2. The number of nitrogens with zero attached hydrogens (tertiary/aromatic N) is 2. The van der Waals surface area contributed by atoms with Crippen LogP contribution >= 0.6 is 0 Å². The van der Waals surface area contributed by atoms with Crippen LogP contribution in [0.2, 0.25) is 0 Å². The van der Waals surface area contributed by atoms with Crippen molar-refractivity contribution in [3.05, 3.63) is 88.7 Å². The van der Waals surface area contributed by atoms with Crippen molar-refractivity contribution in [1.29, 1.82) is 0 Å². The van der Waals surface area contributed by atoms with Crippen molar-refractivity contribution < 1.29 is 40.0 Å². The van der Waals surface area contributed by atoms with Crippen molar-refractivity contribution in [2.24, 2.45) is 5.92 Å². The van der Waals surface area contributed by atoms with Crippen molar-refractivity contribution >= 4 is 27.5 Å². The lowest BCUT2D eigenvalue weighted by atomic mass is 9.68. The molecular weight excluding hydrogens is 619 g/mol. The Hall–Kier alpha value is -3.75. The van der Waals surface area contributed by atoms with Gasteiger partial charge in [0.2, 0.25) is 0 Å². The van der Waals surface area contributed by atoms with Gasteiger partial charge in [-0.2, -0.15) is 21.6 Å². The van der Waals surface area contributed by atoms with Crippen molar-refractivity contribution in [1.82, 2.24) is 19.5 Å². The zero-order valence-corrected chi connectivity index (χ0v) is 24.9. The molecule has 1 aromatic heterocycles. The average Bonchev–Trinajstić information content (AvgIpc) is 3.80. The van der Waals surface area contributed by atoms with Crippen LogP contribution in [0, 0.1) is 17.6 Å². The highest BCUT2D eigenvalue weighted by Crippen LogP contribution is 2.62. The predicted molar refractivity (Wildman–Crippen MR) is 153 cm³/mol. The van der Waals surface area contributed by atoms with E-state index in [4.69, 9.17) is 0 Å². The summed E-state index contributed by atoms with van der Waals surface area (Å²) in [6.45, 7) is 1.84. The third-order valence-corrected chi connectivity index (χ3v) is 11.6. The van der Waals surface area contributed by atoms with Crippen LogP contribution < -0.4 is 14.5 Å². The minimum absolute atomic E-state index is 0.0966. The van der Waals surface area contributed by atoms with Crippen LogP contribution in [-0.2, 0) is 33.0 Å². The quantitative estimate of drug-likeness (QED) is 0.289. The normalized spacial score (nSPS) is 22.7. The first-order valence-corrected chi connectivity index (χ1v) is 15.9. The summed E-state index contributed by atoms with van der Waals surface area (Å²) in [7, 11) is -4.49. The van der Waals surface area contributed by atoms with Crippen molar-refractivity contribution in [2.45, 2.75) is 61.7 Å². The molecule has 238 valence electrons. The number of carbonyl (C=O) groups excluding carboxylic acids is 2. The maximum Gasteiger partial charge on any atom is 0.417 e. The molecule has 0 radical (unpaired) electrons. The fraction of sp³-hybridized carbons (Fsp3) is 0.387. The lowest BCUT2D eigenvalue weighted by molar-refractivity contribution is -0.138. The number of carbonyl (C=O) groups is 2. The molecule has 2 aliphatic heterocycles. The van der Waals surface area contributed by atoms with Gasteiger partial charge >= 0.3 is 22.1 Å². The number of fused-ring (bicyclic) bond motifs is 2. The molecule has 2 N–H and O–H groups in total. The summed E-state index contributed by atoms with van der Waals surface area (Å²) in [5.74, 6) is -3.25. The Morgan fingerprint density at radius 2 is 1.71 bits per heavy atom. The van der Waals surface area contributed by atoms with Gasteiger partial charge in [-0.1, -0.05) is 0 Å². The van der Waals surface area contributed by atoms with Crippen LogP contribution in [0.25, 0.3) is 0 Å². The Balaban J connectivity index is 1.44. The van der Waals surface area contributed by atoms with Gasteiger partial charge in [0.05, 0.1) is 30.1 Å². The number of piperidine rings is 1. The number of nitrogens with one attached hydrogen (secondary N) is 2. The van der Waals surface area contributed by atoms with Gasteiger partial charge in [0, 0.05) is 29.3 Å². The molecule has 0 bridgehead atoms. The van der Waals surface area contributed by atoms with Crippen LogP contribution in [0.4, 0.5) is 27.6 Å². The zero-order valence-electron chi connectivity index (χ0n) is 24.1. The molecule has 2 amide bonds. The number of benzene rings is 2. The molecular formula is C31H30F5N4O4S+. The van der Waals surface area contributed by atoms with Gasteiger partial charge < -0.3 is 10.6 Å². The molecule has 3 heterocycles. The van der Waals surface area contributed by atoms with Crippen LogP contribution in [0.1, 0.15) is 59.8 Å². The molecule has 6 rings (SSSR count). The second kappa shape index (κ2) is 11.0. The summed E-state index contributed by atoms with van der Waals surface area (Å²) in [6.07, 6.45) is -1.85. The third-order valence-electron chi connectivity index (χ3n) is 9.29. The van der Waals surface area contributed by atoms with E-state index < -0.39 is 72.8 Å². The number of halogens is 5. The van der Waals surface area contributed by atoms with Crippen molar-refractivity contribution in [3.8, 4) is 0 Å². The smallest absolute Gasteiger partial charge is 0.346 e. The number of alkyl halides is 3. The van der Waals surface area contributed by atoms with Gasteiger partial charge in [0.25, 0.3) is 5.91 Å². The molecule has 3 aromatic rings. The van der Waals surface area contributed by atoms with Crippen LogP contribution in [0.3, 0.4) is 0 Å². The molecule has 2 unspecified atom stereocenters. The van der Waals surface area contributed by atoms with Gasteiger partial charge in [-0.25, -0.2) is 13.6 Å². The van der Waals surface area contributed by atoms with E-state index in [2.05, 4.69) is 15.6 Å². The van der Waals surface area contributed by atoms with E-state index >= 15 is 0 Å². The molecule has 1 spiro atoms. The van der Waals surface area contributed by atoms with Crippen molar-refractivity contribution in [2.75, 3.05) is 13.1 Å². The Morgan fingerprint density at radius 3 is 2.29 bits per heavy atom. The van der Waals surface area contributed by atoms with E-state index in [1.54, 1.807) is 6.07 Å². The van der Waals surface area contributed by atoms with Gasteiger partial charge in [0.1, 0.15) is 22.6 Å². The maximum atomic E-state index is 14.7. The van der Waals surface area contributed by atoms with Gasteiger partial charge in [-0.05, 0) is 81.2 Å². The number of sulfonamides is 1. The van der Waals surface area contributed by atoms with Crippen molar-refractivity contribution in [3.63, 3.8) is 0 Å². The third kappa shape index (κ3) is 4.93. The summed E-state index contributed by atoms with van der Waals surface area (Å²) in [5, 5.41) is 5.79. The van der Waals surface area contributed by atoms with E-state index in [-0.39, 0.29) is 22.1 Å². The SMILES string of the molecule is CC(=O)[N+]1(S(=O)(=O)c2ccc(F)cc2)c2ccc(C(=O)NCc3ncc(C(F)(F)F)cc3F)cc2C2(CCNCC2)C1C1CC1. The number of rotatable bonds is 6. The minimum Gasteiger partial charge on any atom is -0.346 e. The van der Waals surface area contributed by atoms with E-state index in [1.165, 1.54) is 19.1 Å². The fourth-order valence-electron chi connectivity index (χ4n) is 7.22. The average molecular weight is 650 g/mol. The summed E-state index contributed by atoms with van der Waals surface area (Å²) in [6, 6.07) is 8.42. The molecule has 1 aliphatic carbocycles. The molecule has 2 atom stereocenters. The largest absolute Gasteiger partial charge is 0.417 e. The number of aromatic nitrogens is 1. The number of amides is 2. The number of quaternary nitrogens is 1. The summed E-state index contributed by atoms with van der Waals surface area (Å²) >= 11 is 0. The summed E-state index contributed by atoms with van der Waals surface area (Å²) < 4.78 is 95.3. The van der Waals surface area contributed by atoms with Gasteiger partial charge in [-0.15, -0.1) is 3.89 Å². The molecule has 3 aliphatic rings. The minimum atomic E-state index is -4.78. The van der Waals surface area contributed by atoms with E-state index in [1.807, 2.05) is 0 Å². The molecule has 1 saturated carbocycles. The standard InChI is InChI=1S/C31H29F5N4O4S/c1-18(41)40(45(43,44)23-7-5-22(32)6-8-23)27-9-4-20(14-24(27)30(10-12-37-13-11-30)28(40)19-2-3-19)29(42)39-17-26-25(33)15-21(16-38-26)31(34,35)36/h4-9,14-16,19,28,37H,2-3,10-13,17H2,1H3/p+1. The Labute approximate surface area is 256 Å². The summed E-state index contributed by atoms with van der Waals surface area (Å²) in [4.78, 5) is 30.5. The molecule has 14 heteroatoms. The lowest BCUT2D eigenvalue weighted by Crippen LogP contribution is -2.67. The van der Waals surface area contributed by atoms with Crippen LogP contribution in [0.15, 0.2) is 59.6 Å². The lowest BCUT2D eigenvalue weighted by Gasteiger charge is -2.43. The van der Waals surface area contributed by atoms with Gasteiger partial charge in [-0.3, -0.25) is 9.78 Å². The highest BCUT2D eigenvalue weighted by molar-refractivity contribution is 7.91. The van der Waals surface area contributed by atoms with E-state index in [9.17, 15) is 40.0 Å². The Morgan fingerprint density at radius 1 is 1.04 bits per heavy atom. The first-order valence-electron chi connectivity index (χ1n) is 14.5. The topological polar surface area (TPSA) is 105 Å². The summed E-state index contributed by atoms with van der Waals surface area (Å²) in [5.41, 5.74) is -1.55. The fourth-order valence-corrected chi connectivity index (χ4v) is 9.47. The van der Waals surface area contributed by atoms with Crippen LogP contribution in [0.5, 0.6) is 0 Å². The molecule has 1 saturated heterocycles. The number of pyridine rings is 1. The number of hydrogen-bond acceptors (Lipinski definition) is 6. The maximum absolute atomic E-state index is 14.7. The van der Waals surface area contributed by atoms with Crippen LogP contribution in [-0.4, -0.2) is 44.3 Å². The monoisotopic (exact) mass is 649 g/mol.